The summed E-state index contributed by atoms with van der Waals surface area (Å²) < 4.78 is 0. The average molecular weight is 253 g/mol. The molecule has 4 nitrogen and oxygen atoms in total. The Balaban J connectivity index is 1.88. The lowest BCUT2D eigenvalue weighted by Crippen LogP contribution is -2.43. The lowest BCUT2D eigenvalue weighted by Gasteiger charge is -2.28. The number of amides is 1. The van der Waals surface area contributed by atoms with Crippen LogP contribution < -0.4 is 5.32 Å². The summed E-state index contributed by atoms with van der Waals surface area (Å²) in [6.07, 6.45) is 5.24. The number of aliphatic carboxylic acids is 1. The molecule has 2 fully saturated rings. The number of carboxylic acids is 1. The van der Waals surface area contributed by atoms with Crippen LogP contribution in [0, 0.1) is 17.3 Å². The fraction of sp³-hybridized carbons (Fsp3) is 0.857. The molecule has 0 spiro atoms. The molecule has 2 saturated carbocycles. The van der Waals surface area contributed by atoms with Gasteiger partial charge in [0, 0.05) is 12.0 Å². The van der Waals surface area contributed by atoms with Gasteiger partial charge in [-0.3, -0.25) is 9.59 Å². The van der Waals surface area contributed by atoms with E-state index in [1.165, 1.54) is 6.42 Å². The van der Waals surface area contributed by atoms with E-state index in [0.29, 0.717) is 12.8 Å². The molecule has 0 aromatic rings. The molecular weight excluding hydrogens is 230 g/mol. The smallest absolute Gasteiger partial charge is 0.306 e. The second kappa shape index (κ2) is 4.90. The first kappa shape index (κ1) is 13.4. The summed E-state index contributed by atoms with van der Waals surface area (Å²) in [6.45, 7) is 4.39. The van der Waals surface area contributed by atoms with Gasteiger partial charge in [0.05, 0.1) is 5.92 Å². The molecule has 2 aliphatic rings. The molecule has 0 bridgehead atoms. The predicted molar refractivity (Wildman–Crippen MR) is 68.0 cm³/mol. The highest BCUT2D eigenvalue weighted by Crippen LogP contribution is 2.38. The second-order valence-corrected chi connectivity index (χ2v) is 6.49. The largest absolute Gasteiger partial charge is 0.481 e. The van der Waals surface area contributed by atoms with E-state index in [2.05, 4.69) is 19.2 Å². The maximum atomic E-state index is 12.2. The Hall–Kier alpha value is -1.06. The summed E-state index contributed by atoms with van der Waals surface area (Å²) in [5.74, 6) is -1.11. The van der Waals surface area contributed by atoms with Gasteiger partial charge in [-0.25, -0.2) is 0 Å². The molecule has 3 unspecified atom stereocenters. The van der Waals surface area contributed by atoms with Gasteiger partial charge in [-0.15, -0.1) is 0 Å². The number of carbonyl (C=O) groups is 2. The van der Waals surface area contributed by atoms with Crippen molar-refractivity contribution in [2.75, 3.05) is 0 Å². The Kier molecular flexibility index (Phi) is 3.64. The van der Waals surface area contributed by atoms with E-state index in [9.17, 15) is 9.59 Å². The minimum Gasteiger partial charge on any atom is -0.481 e. The highest BCUT2D eigenvalue weighted by atomic mass is 16.4. The Bertz CT molecular complexity index is 351. The standard InChI is InChI=1S/C14H23NO3/c1-14(2)7-3-4-11(14)15-12(16)9-5-6-10(8-9)13(17)18/h9-11H,3-8H2,1-2H3,(H,15,16)(H,17,18). The lowest BCUT2D eigenvalue weighted by atomic mass is 9.87. The SMILES string of the molecule is CC1(C)CCCC1NC(=O)C1CCC(C(=O)O)C1. The molecule has 2 N–H and O–H groups in total. The highest BCUT2D eigenvalue weighted by Gasteiger charge is 2.39. The van der Waals surface area contributed by atoms with Gasteiger partial charge < -0.3 is 10.4 Å². The second-order valence-electron chi connectivity index (χ2n) is 6.49. The molecule has 0 saturated heterocycles. The first-order chi connectivity index (χ1) is 8.40. The third-order valence-electron chi connectivity index (χ3n) is 4.73. The molecule has 3 atom stereocenters. The average Bonchev–Trinajstić information content (AvgIpc) is 2.86. The lowest BCUT2D eigenvalue weighted by molar-refractivity contribution is -0.141. The molecule has 0 aromatic heterocycles. The molecule has 1 amide bonds. The van der Waals surface area contributed by atoms with Crippen LogP contribution in [0.2, 0.25) is 0 Å². The fourth-order valence-corrected chi connectivity index (χ4v) is 3.33. The van der Waals surface area contributed by atoms with Crippen LogP contribution in [-0.4, -0.2) is 23.0 Å². The van der Waals surface area contributed by atoms with Crippen LogP contribution in [-0.2, 0) is 9.59 Å². The highest BCUT2D eigenvalue weighted by molar-refractivity contribution is 5.81. The number of rotatable bonds is 3. The van der Waals surface area contributed by atoms with Crippen LogP contribution in [0.25, 0.3) is 0 Å². The number of hydrogen-bond donors (Lipinski definition) is 2. The maximum Gasteiger partial charge on any atom is 0.306 e. The van der Waals surface area contributed by atoms with Crippen molar-refractivity contribution in [1.82, 2.24) is 5.32 Å². The van der Waals surface area contributed by atoms with E-state index in [1.807, 2.05) is 0 Å². The maximum absolute atomic E-state index is 12.2. The van der Waals surface area contributed by atoms with Gasteiger partial charge in [0.1, 0.15) is 0 Å². The minimum atomic E-state index is -0.758. The van der Waals surface area contributed by atoms with Gasteiger partial charge in [-0.05, 0) is 37.5 Å². The van der Waals surface area contributed by atoms with Crippen molar-refractivity contribution in [3.63, 3.8) is 0 Å². The first-order valence-electron chi connectivity index (χ1n) is 6.93. The van der Waals surface area contributed by atoms with Crippen molar-refractivity contribution >= 4 is 11.9 Å². The first-order valence-corrected chi connectivity index (χ1v) is 6.93. The summed E-state index contributed by atoms with van der Waals surface area (Å²) in [5, 5.41) is 12.1. The van der Waals surface area contributed by atoms with Crippen molar-refractivity contribution in [2.24, 2.45) is 17.3 Å². The molecule has 0 aromatic carbocycles. The van der Waals surface area contributed by atoms with E-state index in [0.717, 1.165) is 19.3 Å². The number of carbonyl (C=O) groups excluding carboxylic acids is 1. The molecule has 102 valence electrons. The molecule has 0 radical (unpaired) electrons. The zero-order valence-corrected chi connectivity index (χ0v) is 11.2. The van der Waals surface area contributed by atoms with E-state index in [-0.39, 0.29) is 29.2 Å². The Morgan fingerprint density at radius 1 is 1.17 bits per heavy atom. The third kappa shape index (κ3) is 2.68. The number of hydrogen-bond acceptors (Lipinski definition) is 2. The van der Waals surface area contributed by atoms with Gasteiger partial charge in [-0.1, -0.05) is 20.3 Å². The van der Waals surface area contributed by atoms with Crippen LogP contribution in [0.3, 0.4) is 0 Å². The zero-order valence-electron chi connectivity index (χ0n) is 11.2. The summed E-state index contributed by atoms with van der Waals surface area (Å²) in [4.78, 5) is 23.0. The van der Waals surface area contributed by atoms with Crippen molar-refractivity contribution in [3.05, 3.63) is 0 Å². The van der Waals surface area contributed by atoms with Gasteiger partial charge in [0.2, 0.25) is 5.91 Å². The van der Waals surface area contributed by atoms with Gasteiger partial charge >= 0.3 is 5.97 Å². The summed E-state index contributed by atoms with van der Waals surface area (Å²) in [5.41, 5.74) is 0.181. The van der Waals surface area contributed by atoms with Crippen LogP contribution in [0.4, 0.5) is 0 Å². The predicted octanol–water partition coefficient (Wildman–Crippen LogP) is 2.18. The molecule has 18 heavy (non-hydrogen) atoms. The quantitative estimate of drug-likeness (QED) is 0.810. The van der Waals surface area contributed by atoms with Crippen molar-refractivity contribution < 1.29 is 14.7 Å². The summed E-state index contributed by atoms with van der Waals surface area (Å²) in [7, 11) is 0. The van der Waals surface area contributed by atoms with Crippen molar-refractivity contribution in [3.8, 4) is 0 Å². The molecule has 4 heteroatoms. The fourth-order valence-electron chi connectivity index (χ4n) is 3.33. The molecule has 0 aliphatic heterocycles. The van der Waals surface area contributed by atoms with Crippen molar-refractivity contribution in [1.29, 1.82) is 0 Å². The number of carboxylic acid groups (broad SMARTS) is 1. The summed E-state index contributed by atoms with van der Waals surface area (Å²) in [6, 6.07) is 0.258. The van der Waals surface area contributed by atoms with E-state index in [4.69, 9.17) is 5.11 Å². The Labute approximate surface area is 108 Å². The van der Waals surface area contributed by atoms with Crippen molar-refractivity contribution in [2.45, 2.75) is 58.4 Å². The topological polar surface area (TPSA) is 66.4 Å². The van der Waals surface area contributed by atoms with E-state index >= 15 is 0 Å². The van der Waals surface area contributed by atoms with Gasteiger partial charge in [0.15, 0.2) is 0 Å². The Morgan fingerprint density at radius 3 is 2.33 bits per heavy atom. The number of nitrogens with one attached hydrogen (secondary N) is 1. The molecule has 2 aliphatic carbocycles. The third-order valence-corrected chi connectivity index (χ3v) is 4.73. The minimum absolute atomic E-state index is 0.0683. The van der Waals surface area contributed by atoms with E-state index in [1.54, 1.807) is 0 Å². The normalized spacial score (nSPS) is 34.4. The molecular formula is C14H23NO3. The van der Waals surface area contributed by atoms with Crippen LogP contribution in [0.15, 0.2) is 0 Å². The van der Waals surface area contributed by atoms with Crippen LogP contribution >= 0.6 is 0 Å². The van der Waals surface area contributed by atoms with Gasteiger partial charge in [0.25, 0.3) is 0 Å². The monoisotopic (exact) mass is 253 g/mol. The van der Waals surface area contributed by atoms with Crippen LogP contribution in [0.5, 0.6) is 0 Å². The van der Waals surface area contributed by atoms with Crippen LogP contribution in [0.1, 0.15) is 52.4 Å². The molecule has 2 rings (SSSR count). The Morgan fingerprint density at radius 2 is 1.83 bits per heavy atom. The molecule has 0 heterocycles. The zero-order chi connectivity index (χ0) is 13.3. The van der Waals surface area contributed by atoms with Gasteiger partial charge in [-0.2, -0.15) is 0 Å². The van der Waals surface area contributed by atoms with E-state index < -0.39 is 5.97 Å². The summed E-state index contributed by atoms with van der Waals surface area (Å²) >= 11 is 0.